The molecular weight excluding hydrogens is 232 g/mol. The van der Waals surface area contributed by atoms with Gasteiger partial charge in [-0.1, -0.05) is 5.17 Å². The number of aromatic nitrogens is 1. The third-order valence-corrected chi connectivity index (χ3v) is 3.09. The first kappa shape index (κ1) is 11.0. The highest BCUT2D eigenvalue weighted by Crippen LogP contribution is 2.19. The quantitative estimate of drug-likeness (QED) is 0.837. The number of pyridine rings is 1. The van der Waals surface area contributed by atoms with Gasteiger partial charge in [-0.05, 0) is 17.7 Å². The van der Waals surface area contributed by atoms with Gasteiger partial charge in [-0.3, -0.25) is 15.2 Å². The van der Waals surface area contributed by atoms with Crippen molar-refractivity contribution in [2.45, 2.75) is 19.0 Å². The topological polar surface area (TPSA) is 57.7 Å². The number of nitrogens with one attached hydrogen (secondary N) is 1. The Balaban J connectivity index is 1.62. The molecule has 1 amide bonds. The van der Waals surface area contributed by atoms with Crippen molar-refractivity contribution < 1.29 is 9.63 Å². The van der Waals surface area contributed by atoms with Gasteiger partial charge in [0.2, 0.25) is 5.91 Å². The van der Waals surface area contributed by atoms with E-state index in [1.807, 2.05) is 17.0 Å². The summed E-state index contributed by atoms with van der Waals surface area (Å²) in [5, 5.41) is 1.62. The van der Waals surface area contributed by atoms with E-state index >= 15 is 0 Å². The van der Waals surface area contributed by atoms with Crippen molar-refractivity contribution in [3.05, 3.63) is 42.6 Å². The minimum Gasteiger partial charge on any atom is -0.392 e. The van der Waals surface area contributed by atoms with E-state index in [1.165, 1.54) is 0 Å². The lowest BCUT2D eigenvalue weighted by Crippen LogP contribution is -2.40. The highest BCUT2D eigenvalue weighted by Gasteiger charge is 2.35. The zero-order chi connectivity index (χ0) is 12.4. The molecular formula is C12H14N4O2. The number of hydrogen-bond acceptors (Lipinski definition) is 5. The van der Waals surface area contributed by atoms with Crippen LogP contribution in [0.2, 0.25) is 0 Å². The molecule has 6 heteroatoms. The molecule has 1 fully saturated rings. The Morgan fingerprint density at radius 2 is 2.28 bits per heavy atom. The highest BCUT2D eigenvalue weighted by molar-refractivity contribution is 5.79. The average Bonchev–Trinajstić information content (AvgIpc) is 3.01. The fraction of sp³-hybridized carbons (Fsp3) is 0.333. The van der Waals surface area contributed by atoms with Gasteiger partial charge in [-0.15, -0.1) is 0 Å². The minimum atomic E-state index is 0.0503. The van der Waals surface area contributed by atoms with E-state index in [0.29, 0.717) is 19.5 Å². The molecule has 0 bridgehead atoms. The van der Waals surface area contributed by atoms with E-state index in [0.717, 1.165) is 5.56 Å². The van der Waals surface area contributed by atoms with Crippen LogP contribution in [-0.4, -0.2) is 33.5 Å². The first-order valence-electron chi connectivity index (χ1n) is 5.87. The van der Waals surface area contributed by atoms with Gasteiger partial charge in [0.05, 0.1) is 12.2 Å². The van der Waals surface area contributed by atoms with Crippen molar-refractivity contribution in [2.75, 3.05) is 6.54 Å². The number of nitrogens with zero attached hydrogens (tertiary/aromatic N) is 3. The predicted molar refractivity (Wildman–Crippen MR) is 63.3 cm³/mol. The Morgan fingerprint density at radius 3 is 3.00 bits per heavy atom. The smallest absolute Gasteiger partial charge is 0.224 e. The Morgan fingerprint density at radius 1 is 1.44 bits per heavy atom. The van der Waals surface area contributed by atoms with Crippen LogP contribution in [0.15, 0.2) is 37.0 Å². The second-order valence-corrected chi connectivity index (χ2v) is 4.35. The minimum absolute atomic E-state index is 0.0503. The summed E-state index contributed by atoms with van der Waals surface area (Å²) in [7, 11) is 0. The van der Waals surface area contributed by atoms with Gasteiger partial charge in [-0.25, -0.2) is 0 Å². The lowest BCUT2D eigenvalue weighted by atomic mass is 10.2. The fourth-order valence-electron chi connectivity index (χ4n) is 2.19. The fourth-order valence-corrected chi connectivity index (χ4v) is 2.19. The number of amides is 1. The van der Waals surface area contributed by atoms with Gasteiger partial charge in [0.25, 0.3) is 0 Å². The Bertz CT molecular complexity index is 454. The molecule has 3 heterocycles. The molecule has 18 heavy (non-hydrogen) atoms. The summed E-state index contributed by atoms with van der Waals surface area (Å²) in [6.07, 6.45) is 7.22. The molecule has 94 valence electrons. The summed E-state index contributed by atoms with van der Waals surface area (Å²) < 4.78 is 0. The van der Waals surface area contributed by atoms with E-state index in [4.69, 9.17) is 4.84 Å². The van der Waals surface area contributed by atoms with Crippen LogP contribution < -0.4 is 5.43 Å². The van der Waals surface area contributed by atoms with E-state index in [-0.39, 0.29) is 11.9 Å². The maximum atomic E-state index is 11.9. The van der Waals surface area contributed by atoms with Crippen LogP contribution in [0.3, 0.4) is 0 Å². The molecule has 2 aliphatic rings. The van der Waals surface area contributed by atoms with Gasteiger partial charge in [0.1, 0.15) is 6.26 Å². The maximum absolute atomic E-state index is 11.9. The van der Waals surface area contributed by atoms with Crippen LogP contribution in [0.5, 0.6) is 0 Å². The lowest BCUT2D eigenvalue weighted by Gasteiger charge is -2.21. The molecule has 1 N–H and O–H groups in total. The molecule has 1 atom stereocenters. The number of likely N-dealkylation sites (tertiary alicyclic amines) is 1. The van der Waals surface area contributed by atoms with E-state index in [2.05, 4.69) is 10.4 Å². The molecule has 0 aromatic carbocycles. The molecule has 1 aromatic heterocycles. The second-order valence-electron chi connectivity index (χ2n) is 4.35. The second kappa shape index (κ2) is 4.66. The molecule has 2 aliphatic heterocycles. The largest absolute Gasteiger partial charge is 0.392 e. The third-order valence-electron chi connectivity index (χ3n) is 3.09. The standard InChI is InChI=1S/C12H14N4O2/c17-12-7-11(16-14-5-6-18-16)9-15(12)8-10-1-3-13-4-2-10/h1-6,11,14H,7-9H2. The number of rotatable bonds is 3. The van der Waals surface area contributed by atoms with Crippen molar-refractivity contribution in [3.63, 3.8) is 0 Å². The van der Waals surface area contributed by atoms with Gasteiger partial charge in [0.15, 0.2) is 0 Å². The molecule has 1 saturated heterocycles. The third kappa shape index (κ3) is 2.14. The Labute approximate surface area is 105 Å². The first-order valence-corrected chi connectivity index (χ1v) is 5.87. The summed E-state index contributed by atoms with van der Waals surface area (Å²) >= 11 is 0. The van der Waals surface area contributed by atoms with Crippen molar-refractivity contribution in [3.8, 4) is 0 Å². The summed E-state index contributed by atoms with van der Waals surface area (Å²) in [4.78, 5) is 23.0. The van der Waals surface area contributed by atoms with Crippen LogP contribution in [0.1, 0.15) is 12.0 Å². The summed E-state index contributed by atoms with van der Waals surface area (Å²) in [5.41, 5.74) is 4.04. The van der Waals surface area contributed by atoms with Crippen molar-refractivity contribution in [1.29, 1.82) is 0 Å². The van der Waals surface area contributed by atoms with Crippen LogP contribution in [0.4, 0.5) is 0 Å². The molecule has 6 nitrogen and oxygen atoms in total. The predicted octanol–water partition coefficient (Wildman–Crippen LogP) is 0.405. The molecule has 0 radical (unpaired) electrons. The number of hydrazine groups is 1. The maximum Gasteiger partial charge on any atom is 0.224 e. The summed E-state index contributed by atoms with van der Waals surface area (Å²) in [6, 6.07) is 3.90. The molecule has 0 saturated carbocycles. The van der Waals surface area contributed by atoms with E-state index in [1.54, 1.807) is 30.0 Å². The lowest BCUT2D eigenvalue weighted by molar-refractivity contribution is -0.144. The molecule has 1 aromatic rings. The van der Waals surface area contributed by atoms with E-state index in [9.17, 15) is 4.79 Å². The number of hydrogen-bond donors (Lipinski definition) is 1. The van der Waals surface area contributed by atoms with Crippen LogP contribution in [0.25, 0.3) is 0 Å². The molecule has 3 rings (SSSR count). The normalized spacial score (nSPS) is 23.2. The zero-order valence-electron chi connectivity index (χ0n) is 9.82. The van der Waals surface area contributed by atoms with Gasteiger partial charge >= 0.3 is 0 Å². The van der Waals surface area contributed by atoms with Gasteiger partial charge in [0, 0.05) is 31.9 Å². The number of carbonyl (C=O) groups is 1. The van der Waals surface area contributed by atoms with Gasteiger partial charge in [-0.2, -0.15) is 0 Å². The van der Waals surface area contributed by atoms with Crippen LogP contribution >= 0.6 is 0 Å². The highest BCUT2D eigenvalue weighted by atomic mass is 16.7. The summed E-state index contributed by atoms with van der Waals surface area (Å²) in [6.45, 7) is 1.29. The Kier molecular flexibility index (Phi) is 2.85. The zero-order valence-corrected chi connectivity index (χ0v) is 9.82. The molecule has 0 spiro atoms. The average molecular weight is 246 g/mol. The van der Waals surface area contributed by atoms with Crippen LogP contribution in [0, 0.1) is 0 Å². The number of carbonyl (C=O) groups excluding carboxylic acids is 1. The molecule has 1 unspecified atom stereocenters. The first-order chi connectivity index (χ1) is 8.83. The van der Waals surface area contributed by atoms with Crippen molar-refractivity contribution in [2.24, 2.45) is 0 Å². The molecule has 0 aliphatic carbocycles. The van der Waals surface area contributed by atoms with Crippen molar-refractivity contribution >= 4 is 5.91 Å². The van der Waals surface area contributed by atoms with Crippen molar-refractivity contribution in [1.82, 2.24) is 20.5 Å². The summed E-state index contributed by atoms with van der Waals surface area (Å²) in [5.74, 6) is 0.147. The monoisotopic (exact) mass is 246 g/mol. The number of hydroxylamine groups is 1. The SMILES string of the molecule is O=C1CC(N2NC=CO2)CN1Cc1ccncc1. The van der Waals surface area contributed by atoms with E-state index < -0.39 is 0 Å². The van der Waals surface area contributed by atoms with Crippen LogP contribution in [-0.2, 0) is 16.2 Å². The van der Waals surface area contributed by atoms with Gasteiger partial charge < -0.3 is 9.74 Å². The Hall–Kier alpha value is -2.08.